The number of amides is 1. The predicted octanol–water partition coefficient (Wildman–Crippen LogP) is 2.04. The monoisotopic (exact) mass is 367 g/mol. The molecule has 0 unspecified atom stereocenters. The Morgan fingerprint density at radius 1 is 1.12 bits per heavy atom. The lowest BCUT2D eigenvalue weighted by molar-refractivity contribution is -0.128. The van der Waals surface area contributed by atoms with E-state index in [0.29, 0.717) is 12.2 Å². The van der Waals surface area contributed by atoms with Gasteiger partial charge < -0.3 is 16.4 Å². The van der Waals surface area contributed by atoms with Crippen LogP contribution in [-0.4, -0.2) is 46.7 Å². The van der Waals surface area contributed by atoms with Gasteiger partial charge >= 0.3 is 0 Å². The molecule has 0 radical (unpaired) electrons. The van der Waals surface area contributed by atoms with E-state index >= 15 is 0 Å². The van der Waals surface area contributed by atoms with Crippen LogP contribution >= 0.6 is 23.5 Å². The van der Waals surface area contributed by atoms with Gasteiger partial charge in [0.25, 0.3) is 0 Å². The van der Waals surface area contributed by atoms with Gasteiger partial charge in [-0.05, 0) is 17.5 Å². The van der Waals surface area contributed by atoms with Crippen LogP contribution in [0.3, 0.4) is 0 Å². The van der Waals surface area contributed by atoms with E-state index in [4.69, 9.17) is 22.3 Å². The summed E-state index contributed by atoms with van der Waals surface area (Å²) in [6, 6.07) is 8.15. The van der Waals surface area contributed by atoms with Crippen LogP contribution in [0.25, 0.3) is 0 Å². The average molecular weight is 368 g/mol. The Balaban J connectivity index is 2.75. The van der Waals surface area contributed by atoms with Crippen LogP contribution < -0.4 is 11.5 Å². The van der Waals surface area contributed by atoms with E-state index in [1.165, 1.54) is 29.1 Å². The summed E-state index contributed by atoms with van der Waals surface area (Å²) < 4.78 is 0. The van der Waals surface area contributed by atoms with Crippen molar-refractivity contribution in [1.29, 1.82) is 10.8 Å². The van der Waals surface area contributed by atoms with Gasteiger partial charge in [0.1, 0.15) is 0 Å². The van der Waals surface area contributed by atoms with Crippen LogP contribution in [0.5, 0.6) is 0 Å². The lowest BCUT2D eigenvalue weighted by Gasteiger charge is -2.19. The van der Waals surface area contributed by atoms with Gasteiger partial charge in [-0.1, -0.05) is 47.8 Å². The van der Waals surface area contributed by atoms with Crippen molar-refractivity contribution >= 4 is 39.8 Å². The van der Waals surface area contributed by atoms with E-state index in [2.05, 4.69) is 0 Å². The maximum Gasteiger partial charge on any atom is 0.222 e. The number of aryl methyl sites for hydroxylation is 1. The van der Waals surface area contributed by atoms with Crippen LogP contribution in [0.1, 0.15) is 23.5 Å². The first kappa shape index (κ1) is 20.4. The number of hydrogen-bond donors (Lipinski definition) is 4. The molecular weight excluding hydrogens is 342 g/mol. The lowest BCUT2D eigenvalue weighted by Crippen LogP contribution is -2.24. The Morgan fingerprint density at radius 2 is 1.71 bits per heavy atom. The molecule has 1 aromatic carbocycles. The molecule has 132 valence electrons. The Kier molecular flexibility index (Phi) is 8.70. The van der Waals surface area contributed by atoms with Crippen molar-refractivity contribution in [3.8, 4) is 0 Å². The fraction of sp³-hybridized carbons (Fsp3) is 0.438. The molecule has 0 saturated heterocycles. The first-order valence-corrected chi connectivity index (χ1v) is 9.49. The Bertz CT molecular complexity index is 574. The SMILES string of the molecule is CN(C)C(=O)C[C@@H](CSC(=N)N)c1ccc(CCSC(=N)N)cc1. The molecule has 0 aromatic heterocycles. The van der Waals surface area contributed by atoms with Gasteiger partial charge in [0.05, 0.1) is 0 Å². The molecule has 6 nitrogen and oxygen atoms in total. The Morgan fingerprint density at radius 3 is 2.21 bits per heavy atom. The summed E-state index contributed by atoms with van der Waals surface area (Å²) in [5.74, 6) is 1.46. The molecule has 0 bridgehead atoms. The number of rotatable bonds is 8. The third-order valence-corrected chi connectivity index (χ3v) is 5.06. The predicted molar refractivity (Wildman–Crippen MR) is 105 cm³/mol. The van der Waals surface area contributed by atoms with E-state index in [-0.39, 0.29) is 22.2 Å². The minimum absolute atomic E-state index is 0.0226. The van der Waals surface area contributed by atoms with Crippen LogP contribution in [0.15, 0.2) is 24.3 Å². The molecule has 0 aliphatic carbocycles. The summed E-state index contributed by atoms with van der Waals surface area (Å²) in [6.07, 6.45) is 1.24. The van der Waals surface area contributed by atoms with Gasteiger partial charge in [-0.2, -0.15) is 0 Å². The summed E-state index contributed by atoms with van der Waals surface area (Å²) >= 11 is 2.59. The van der Waals surface area contributed by atoms with Gasteiger partial charge in [-0.25, -0.2) is 0 Å². The number of carbonyl (C=O) groups is 1. The van der Waals surface area contributed by atoms with Crippen molar-refractivity contribution in [3.05, 3.63) is 35.4 Å². The highest BCUT2D eigenvalue weighted by atomic mass is 32.2. The van der Waals surface area contributed by atoms with Crippen molar-refractivity contribution in [2.24, 2.45) is 11.5 Å². The number of amidine groups is 2. The zero-order valence-electron chi connectivity index (χ0n) is 14.0. The normalized spacial score (nSPS) is 11.8. The van der Waals surface area contributed by atoms with E-state index in [1.807, 2.05) is 24.3 Å². The molecule has 0 heterocycles. The summed E-state index contributed by atoms with van der Waals surface area (Å²) in [6.45, 7) is 0. The van der Waals surface area contributed by atoms with Gasteiger partial charge in [-0.3, -0.25) is 15.6 Å². The highest BCUT2D eigenvalue weighted by Crippen LogP contribution is 2.25. The first-order chi connectivity index (χ1) is 11.3. The summed E-state index contributed by atoms with van der Waals surface area (Å²) in [4.78, 5) is 13.6. The molecular formula is C16H25N5OS2. The van der Waals surface area contributed by atoms with E-state index in [1.54, 1.807) is 19.0 Å². The summed E-state index contributed by atoms with van der Waals surface area (Å²) in [7, 11) is 3.49. The molecule has 6 N–H and O–H groups in total. The maximum absolute atomic E-state index is 12.0. The van der Waals surface area contributed by atoms with Crippen LogP contribution in [0, 0.1) is 10.8 Å². The van der Waals surface area contributed by atoms with E-state index in [9.17, 15) is 4.79 Å². The van der Waals surface area contributed by atoms with Crippen LogP contribution in [0.2, 0.25) is 0 Å². The van der Waals surface area contributed by atoms with Gasteiger partial charge in [0, 0.05) is 37.9 Å². The van der Waals surface area contributed by atoms with Crippen LogP contribution in [0.4, 0.5) is 0 Å². The highest BCUT2D eigenvalue weighted by molar-refractivity contribution is 8.13. The number of nitrogens with two attached hydrogens (primary N) is 2. The fourth-order valence-electron chi connectivity index (χ4n) is 2.09. The third kappa shape index (κ3) is 7.74. The van der Waals surface area contributed by atoms with Crippen molar-refractivity contribution < 1.29 is 4.79 Å². The number of nitrogens with one attached hydrogen (secondary N) is 2. The highest BCUT2D eigenvalue weighted by Gasteiger charge is 2.18. The van der Waals surface area contributed by atoms with E-state index < -0.39 is 0 Å². The average Bonchev–Trinajstić information content (AvgIpc) is 2.51. The molecule has 1 atom stereocenters. The second kappa shape index (κ2) is 10.2. The van der Waals surface area contributed by atoms with Crippen molar-refractivity contribution in [2.75, 3.05) is 25.6 Å². The smallest absolute Gasteiger partial charge is 0.222 e. The number of thioether (sulfide) groups is 2. The minimum atomic E-state index is 0.0226. The molecule has 0 spiro atoms. The topological polar surface area (TPSA) is 120 Å². The Labute approximate surface area is 151 Å². The molecule has 1 rings (SSSR count). The van der Waals surface area contributed by atoms with Crippen LogP contribution in [-0.2, 0) is 11.2 Å². The minimum Gasteiger partial charge on any atom is -0.379 e. The van der Waals surface area contributed by atoms with E-state index in [0.717, 1.165) is 17.7 Å². The van der Waals surface area contributed by atoms with Crippen molar-refractivity contribution in [3.63, 3.8) is 0 Å². The number of hydrogen-bond acceptors (Lipinski definition) is 5. The second-order valence-corrected chi connectivity index (χ2v) is 7.77. The van der Waals surface area contributed by atoms with Gasteiger partial charge in [-0.15, -0.1) is 0 Å². The van der Waals surface area contributed by atoms with Gasteiger partial charge in [0.2, 0.25) is 5.91 Å². The molecule has 8 heteroatoms. The Hall–Kier alpha value is -1.67. The number of carbonyl (C=O) groups excluding carboxylic acids is 1. The maximum atomic E-state index is 12.0. The molecule has 1 aromatic rings. The molecule has 0 aliphatic heterocycles. The molecule has 24 heavy (non-hydrogen) atoms. The zero-order valence-corrected chi connectivity index (χ0v) is 15.7. The summed E-state index contributed by atoms with van der Waals surface area (Å²) in [5.41, 5.74) is 13.0. The van der Waals surface area contributed by atoms with Gasteiger partial charge in [0.15, 0.2) is 10.3 Å². The second-order valence-electron chi connectivity index (χ2n) is 5.57. The first-order valence-electron chi connectivity index (χ1n) is 7.52. The van der Waals surface area contributed by atoms with Crippen molar-refractivity contribution in [1.82, 2.24) is 4.90 Å². The summed E-state index contributed by atoms with van der Waals surface area (Å²) in [5, 5.41) is 14.8. The number of nitrogens with zero attached hydrogens (tertiary/aromatic N) is 1. The zero-order chi connectivity index (χ0) is 18.1. The number of benzene rings is 1. The molecule has 1 amide bonds. The quantitative estimate of drug-likeness (QED) is 0.414. The lowest BCUT2D eigenvalue weighted by atomic mass is 9.95. The fourth-order valence-corrected chi connectivity index (χ4v) is 3.34. The molecule has 0 saturated carbocycles. The third-order valence-electron chi connectivity index (χ3n) is 3.46. The largest absolute Gasteiger partial charge is 0.379 e. The standard InChI is InChI=1S/C16H25N5OS2/c1-21(2)14(22)9-13(10-24-16(19)20)12-5-3-11(4-6-12)7-8-23-15(17)18/h3-6,13H,7-10H2,1-2H3,(H3,17,18)(H3,19,20)/t13-/m0/s1. The molecule has 0 aliphatic rings. The van der Waals surface area contributed by atoms with Crippen molar-refractivity contribution in [2.45, 2.75) is 18.8 Å². The molecule has 0 fully saturated rings.